The van der Waals surface area contributed by atoms with E-state index in [4.69, 9.17) is 14.7 Å². The van der Waals surface area contributed by atoms with Gasteiger partial charge in [-0.15, -0.1) is 0 Å². The van der Waals surface area contributed by atoms with Crippen LogP contribution in [0.2, 0.25) is 0 Å². The Morgan fingerprint density at radius 1 is 1.11 bits per heavy atom. The lowest BCUT2D eigenvalue weighted by Gasteiger charge is -2.08. The summed E-state index contributed by atoms with van der Waals surface area (Å²) in [6.07, 6.45) is 0. The van der Waals surface area contributed by atoms with Crippen LogP contribution in [0.3, 0.4) is 0 Å². The number of benzene rings is 2. The second-order valence-electron chi connectivity index (χ2n) is 3.51. The van der Waals surface area contributed by atoms with Crippen molar-refractivity contribution >= 4 is 0 Å². The van der Waals surface area contributed by atoms with Crippen molar-refractivity contribution in [1.82, 2.24) is 0 Å². The highest BCUT2D eigenvalue weighted by Gasteiger charge is 2.09. The summed E-state index contributed by atoms with van der Waals surface area (Å²) in [5, 5.41) is 8.88. The summed E-state index contributed by atoms with van der Waals surface area (Å²) in [6, 6.07) is 12.9. The molecular formula is C14H10FNO2. The van der Waals surface area contributed by atoms with Crippen LogP contribution in [0.1, 0.15) is 5.56 Å². The maximum absolute atomic E-state index is 13.4. The van der Waals surface area contributed by atoms with Gasteiger partial charge in [0.05, 0.1) is 7.11 Å². The van der Waals surface area contributed by atoms with Gasteiger partial charge < -0.3 is 9.47 Å². The Bertz CT molecular complexity index is 605. The lowest BCUT2D eigenvalue weighted by Crippen LogP contribution is -1.92. The molecule has 2 rings (SSSR count). The van der Waals surface area contributed by atoms with Crippen LogP contribution >= 0.6 is 0 Å². The Morgan fingerprint density at radius 2 is 1.83 bits per heavy atom. The smallest absolute Gasteiger partial charge is 0.148 e. The zero-order chi connectivity index (χ0) is 13.0. The van der Waals surface area contributed by atoms with Crippen molar-refractivity contribution in [3.05, 3.63) is 53.8 Å². The summed E-state index contributed by atoms with van der Waals surface area (Å²) in [7, 11) is 1.54. The van der Waals surface area contributed by atoms with Gasteiger partial charge in [0.2, 0.25) is 0 Å². The largest absolute Gasteiger partial charge is 0.497 e. The van der Waals surface area contributed by atoms with Crippen molar-refractivity contribution in [3.8, 4) is 23.3 Å². The van der Waals surface area contributed by atoms with E-state index in [1.165, 1.54) is 12.1 Å². The summed E-state index contributed by atoms with van der Waals surface area (Å²) in [4.78, 5) is 0. The zero-order valence-corrected chi connectivity index (χ0v) is 9.68. The molecule has 0 saturated carbocycles. The first-order valence-electron chi connectivity index (χ1n) is 5.25. The fourth-order valence-corrected chi connectivity index (χ4v) is 1.49. The number of hydrogen-bond acceptors (Lipinski definition) is 3. The van der Waals surface area contributed by atoms with E-state index in [-0.39, 0.29) is 11.3 Å². The second-order valence-corrected chi connectivity index (χ2v) is 3.51. The van der Waals surface area contributed by atoms with Gasteiger partial charge in [-0.2, -0.15) is 5.26 Å². The minimum absolute atomic E-state index is 0.111. The predicted molar refractivity (Wildman–Crippen MR) is 64.2 cm³/mol. The Labute approximate surface area is 104 Å². The summed E-state index contributed by atoms with van der Waals surface area (Å²) in [5.41, 5.74) is -0.111. The lowest BCUT2D eigenvalue weighted by molar-refractivity contribution is 0.408. The van der Waals surface area contributed by atoms with Gasteiger partial charge >= 0.3 is 0 Å². The van der Waals surface area contributed by atoms with E-state index >= 15 is 0 Å². The van der Waals surface area contributed by atoms with E-state index < -0.39 is 5.82 Å². The SMILES string of the molecule is COc1cccc(Oc2cccc(F)c2C#N)c1. The van der Waals surface area contributed by atoms with Crippen molar-refractivity contribution in [3.63, 3.8) is 0 Å². The van der Waals surface area contributed by atoms with Gasteiger partial charge in [-0.05, 0) is 24.3 Å². The maximum atomic E-state index is 13.4. The molecule has 0 unspecified atom stereocenters. The van der Waals surface area contributed by atoms with Crippen LogP contribution in [0.4, 0.5) is 4.39 Å². The Kier molecular flexibility index (Phi) is 3.44. The minimum Gasteiger partial charge on any atom is -0.497 e. The van der Waals surface area contributed by atoms with Gasteiger partial charge in [0.15, 0.2) is 0 Å². The van der Waals surface area contributed by atoms with E-state index in [1.807, 2.05) is 0 Å². The van der Waals surface area contributed by atoms with Crippen molar-refractivity contribution in [2.75, 3.05) is 7.11 Å². The molecule has 0 bridgehead atoms. The number of nitriles is 1. The fraction of sp³-hybridized carbons (Fsp3) is 0.0714. The standard InChI is InChI=1S/C14H10FNO2/c1-17-10-4-2-5-11(8-10)18-14-7-3-6-13(15)12(14)9-16/h2-8H,1H3. The first-order valence-corrected chi connectivity index (χ1v) is 5.25. The molecule has 0 amide bonds. The third-order valence-electron chi connectivity index (χ3n) is 2.36. The number of methoxy groups -OCH3 is 1. The zero-order valence-electron chi connectivity index (χ0n) is 9.68. The maximum Gasteiger partial charge on any atom is 0.148 e. The fourth-order valence-electron chi connectivity index (χ4n) is 1.49. The van der Waals surface area contributed by atoms with Crippen LogP contribution in [-0.4, -0.2) is 7.11 Å². The van der Waals surface area contributed by atoms with Gasteiger partial charge in [-0.1, -0.05) is 12.1 Å². The molecule has 90 valence electrons. The molecule has 0 aliphatic carbocycles. The highest BCUT2D eigenvalue weighted by atomic mass is 19.1. The Hall–Kier alpha value is -2.54. The predicted octanol–water partition coefficient (Wildman–Crippen LogP) is 3.50. The minimum atomic E-state index is -0.599. The van der Waals surface area contributed by atoms with E-state index in [9.17, 15) is 4.39 Å². The van der Waals surface area contributed by atoms with Crippen LogP contribution in [0.15, 0.2) is 42.5 Å². The van der Waals surface area contributed by atoms with Crippen LogP contribution in [-0.2, 0) is 0 Å². The molecule has 0 aromatic heterocycles. The van der Waals surface area contributed by atoms with Gasteiger partial charge in [0.1, 0.15) is 34.7 Å². The summed E-state index contributed by atoms with van der Waals surface area (Å²) in [6.45, 7) is 0. The van der Waals surface area contributed by atoms with Gasteiger partial charge in [0.25, 0.3) is 0 Å². The Morgan fingerprint density at radius 3 is 2.56 bits per heavy atom. The summed E-state index contributed by atoms with van der Waals surface area (Å²) in [5.74, 6) is 0.697. The van der Waals surface area contributed by atoms with Crippen LogP contribution in [0, 0.1) is 17.1 Å². The third-order valence-corrected chi connectivity index (χ3v) is 2.36. The monoisotopic (exact) mass is 243 g/mol. The lowest BCUT2D eigenvalue weighted by atomic mass is 10.2. The van der Waals surface area contributed by atoms with E-state index in [1.54, 1.807) is 43.5 Å². The Balaban J connectivity index is 2.34. The molecule has 3 nitrogen and oxygen atoms in total. The molecule has 4 heteroatoms. The number of rotatable bonds is 3. The molecule has 0 heterocycles. The first-order chi connectivity index (χ1) is 8.74. The average molecular weight is 243 g/mol. The number of nitrogens with zero attached hydrogens (tertiary/aromatic N) is 1. The van der Waals surface area contributed by atoms with E-state index in [0.717, 1.165) is 0 Å². The third kappa shape index (κ3) is 2.41. The van der Waals surface area contributed by atoms with Crippen molar-refractivity contribution < 1.29 is 13.9 Å². The molecule has 0 radical (unpaired) electrons. The molecule has 0 saturated heterocycles. The molecular weight excluding hydrogens is 233 g/mol. The van der Waals surface area contributed by atoms with Gasteiger partial charge in [-0.25, -0.2) is 4.39 Å². The topological polar surface area (TPSA) is 42.2 Å². The average Bonchev–Trinajstić information content (AvgIpc) is 2.39. The highest BCUT2D eigenvalue weighted by Crippen LogP contribution is 2.28. The van der Waals surface area contributed by atoms with Crippen molar-refractivity contribution in [2.24, 2.45) is 0 Å². The van der Waals surface area contributed by atoms with Crippen molar-refractivity contribution in [1.29, 1.82) is 5.26 Å². The molecule has 0 spiro atoms. The number of hydrogen-bond donors (Lipinski definition) is 0. The first kappa shape index (κ1) is 11.9. The van der Waals surface area contributed by atoms with Gasteiger partial charge in [-0.3, -0.25) is 0 Å². The van der Waals surface area contributed by atoms with Gasteiger partial charge in [0, 0.05) is 6.07 Å². The quantitative estimate of drug-likeness (QED) is 0.828. The van der Waals surface area contributed by atoms with E-state index in [2.05, 4.69) is 0 Å². The normalized spacial score (nSPS) is 9.61. The van der Waals surface area contributed by atoms with Crippen LogP contribution in [0.25, 0.3) is 0 Å². The second kappa shape index (κ2) is 5.19. The molecule has 18 heavy (non-hydrogen) atoms. The molecule has 0 aliphatic heterocycles. The molecule has 0 atom stereocenters. The van der Waals surface area contributed by atoms with Crippen LogP contribution < -0.4 is 9.47 Å². The highest BCUT2D eigenvalue weighted by molar-refractivity contribution is 5.46. The summed E-state index contributed by atoms with van der Waals surface area (Å²) >= 11 is 0. The summed E-state index contributed by atoms with van der Waals surface area (Å²) < 4.78 is 23.9. The number of ether oxygens (including phenoxy) is 2. The molecule has 2 aromatic carbocycles. The van der Waals surface area contributed by atoms with E-state index in [0.29, 0.717) is 11.5 Å². The number of halogens is 1. The molecule has 2 aromatic rings. The molecule has 0 fully saturated rings. The molecule has 0 N–H and O–H groups in total. The molecule has 0 aliphatic rings. The van der Waals surface area contributed by atoms with Crippen LogP contribution in [0.5, 0.6) is 17.2 Å². The van der Waals surface area contributed by atoms with Crippen molar-refractivity contribution in [2.45, 2.75) is 0 Å².